The fourth-order valence-corrected chi connectivity index (χ4v) is 6.02. The van der Waals surface area contributed by atoms with E-state index < -0.39 is 28.5 Å². The maximum absolute atomic E-state index is 14.0. The molecule has 0 aromatic heterocycles. The third-order valence-electron chi connectivity index (χ3n) is 6.64. The minimum Gasteiger partial charge on any atom is -0.497 e. The van der Waals surface area contributed by atoms with E-state index in [0.29, 0.717) is 27.9 Å². The van der Waals surface area contributed by atoms with E-state index in [0.717, 1.165) is 22.7 Å². The monoisotopic (exact) mass is 619 g/mol. The second-order valence-corrected chi connectivity index (χ2v) is 12.2. The fourth-order valence-electron chi connectivity index (χ4n) is 4.09. The molecule has 1 N–H and O–H groups in total. The Kier molecular flexibility index (Phi) is 11.5. The van der Waals surface area contributed by atoms with Gasteiger partial charge in [-0.2, -0.15) is 0 Å². The Bertz CT molecular complexity index is 1430. The third-order valence-corrected chi connectivity index (χ3v) is 9.13. The first-order chi connectivity index (χ1) is 19.5. The van der Waals surface area contributed by atoms with Crippen LogP contribution in [0.2, 0.25) is 10.0 Å². The number of methoxy groups -OCH3 is 1. The summed E-state index contributed by atoms with van der Waals surface area (Å²) < 4.78 is 34.1. The number of carbonyl (C=O) groups excluding carboxylic acids is 2. The van der Waals surface area contributed by atoms with Crippen LogP contribution in [0.3, 0.4) is 0 Å². The molecule has 1 atom stereocenters. The van der Waals surface area contributed by atoms with Crippen LogP contribution in [0.25, 0.3) is 0 Å². The van der Waals surface area contributed by atoms with Gasteiger partial charge in [-0.05, 0) is 68.8 Å². The van der Waals surface area contributed by atoms with Gasteiger partial charge in [0.1, 0.15) is 18.3 Å². The zero-order chi connectivity index (χ0) is 30.2. The summed E-state index contributed by atoms with van der Waals surface area (Å²) in [4.78, 5) is 28.4. The van der Waals surface area contributed by atoms with E-state index in [1.54, 1.807) is 61.5 Å². The summed E-state index contributed by atoms with van der Waals surface area (Å²) >= 11 is 12.8. The predicted molar refractivity (Wildman–Crippen MR) is 163 cm³/mol. The molecule has 0 unspecified atom stereocenters. The van der Waals surface area contributed by atoms with Crippen molar-refractivity contribution in [2.75, 3.05) is 24.5 Å². The topological polar surface area (TPSA) is 96.0 Å². The average Bonchev–Trinajstić information content (AvgIpc) is 2.95. The molecule has 0 spiro atoms. The van der Waals surface area contributed by atoms with Crippen LogP contribution in [0, 0.1) is 6.92 Å². The number of nitrogens with zero attached hydrogens (tertiary/aromatic N) is 2. The lowest BCUT2D eigenvalue weighted by Crippen LogP contribution is -2.51. The zero-order valence-corrected chi connectivity index (χ0v) is 25.9. The maximum Gasteiger partial charge on any atom is 0.264 e. The molecule has 3 aromatic carbocycles. The lowest BCUT2D eigenvalue weighted by Gasteiger charge is -2.32. The number of benzene rings is 3. The molecule has 0 heterocycles. The molecule has 0 aliphatic carbocycles. The van der Waals surface area contributed by atoms with Crippen LogP contribution in [0.5, 0.6) is 5.75 Å². The van der Waals surface area contributed by atoms with Crippen LogP contribution in [-0.4, -0.2) is 51.4 Å². The van der Waals surface area contributed by atoms with Gasteiger partial charge in [-0.1, -0.05) is 60.3 Å². The smallest absolute Gasteiger partial charge is 0.264 e. The highest BCUT2D eigenvalue weighted by Gasteiger charge is 2.33. The van der Waals surface area contributed by atoms with E-state index >= 15 is 0 Å². The van der Waals surface area contributed by atoms with Crippen LogP contribution < -0.4 is 14.4 Å². The number of amides is 2. The molecule has 0 aliphatic rings. The largest absolute Gasteiger partial charge is 0.497 e. The SMILES string of the molecule is CCCCNC(=O)[C@H](C)N(Cc1c(Cl)cccc1Cl)C(=O)CN(c1ccc(OC)cc1)S(=O)(=O)c1ccc(C)cc1. The Morgan fingerprint density at radius 3 is 2.15 bits per heavy atom. The molecule has 3 rings (SSSR count). The summed E-state index contributed by atoms with van der Waals surface area (Å²) in [5.41, 5.74) is 1.60. The number of anilines is 1. The van der Waals surface area contributed by atoms with Crippen molar-refractivity contribution in [3.05, 3.63) is 87.9 Å². The number of aryl methyl sites for hydroxylation is 1. The van der Waals surface area contributed by atoms with Crippen molar-refractivity contribution in [2.24, 2.45) is 0 Å². The molecule has 220 valence electrons. The van der Waals surface area contributed by atoms with Crippen molar-refractivity contribution in [1.82, 2.24) is 10.2 Å². The number of carbonyl (C=O) groups is 2. The Hall–Kier alpha value is -3.27. The Labute approximate surface area is 252 Å². The van der Waals surface area contributed by atoms with Crippen molar-refractivity contribution in [1.29, 1.82) is 0 Å². The summed E-state index contributed by atoms with van der Waals surface area (Å²) in [6, 6.07) is 16.8. The number of ether oxygens (including phenoxy) is 1. The van der Waals surface area contributed by atoms with Crippen molar-refractivity contribution < 1.29 is 22.7 Å². The summed E-state index contributed by atoms with van der Waals surface area (Å²) in [5.74, 6) is -0.446. The van der Waals surface area contributed by atoms with Crippen molar-refractivity contribution in [2.45, 2.75) is 51.1 Å². The first-order valence-electron chi connectivity index (χ1n) is 13.2. The Morgan fingerprint density at radius 1 is 0.976 bits per heavy atom. The van der Waals surface area contributed by atoms with Crippen molar-refractivity contribution in [3.8, 4) is 5.75 Å². The van der Waals surface area contributed by atoms with Gasteiger partial charge in [0.05, 0.1) is 17.7 Å². The Morgan fingerprint density at radius 2 is 1.59 bits per heavy atom. The van der Waals surface area contributed by atoms with Crippen LogP contribution in [0.1, 0.15) is 37.8 Å². The zero-order valence-electron chi connectivity index (χ0n) is 23.6. The van der Waals surface area contributed by atoms with Gasteiger partial charge in [-0.25, -0.2) is 8.42 Å². The van der Waals surface area contributed by atoms with E-state index in [1.165, 1.54) is 24.1 Å². The van der Waals surface area contributed by atoms with Crippen LogP contribution in [0.4, 0.5) is 5.69 Å². The maximum atomic E-state index is 14.0. The number of halogens is 2. The van der Waals surface area contributed by atoms with Crippen LogP contribution in [-0.2, 0) is 26.2 Å². The molecule has 2 amide bonds. The average molecular weight is 621 g/mol. The molecule has 0 fully saturated rings. The Balaban J connectivity index is 2.04. The summed E-state index contributed by atoms with van der Waals surface area (Å²) in [6.45, 7) is 5.24. The van der Waals surface area contributed by atoms with E-state index in [9.17, 15) is 18.0 Å². The molecular formula is C30H35Cl2N3O5S. The molecule has 0 radical (unpaired) electrons. The van der Waals surface area contributed by atoms with Gasteiger partial charge < -0.3 is 15.0 Å². The number of hydrogen-bond donors (Lipinski definition) is 1. The van der Waals surface area contributed by atoms with Gasteiger partial charge in [0.2, 0.25) is 11.8 Å². The fraction of sp³-hybridized carbons (Fsp3) is 0.333. The number of rotatable bonds is 13. The molecular weight excluding hydrogens is 585 g/mol. The second-order valence-electron chi connectivity index (χ2n) is 9.57. The quantitative estimate of drug-likeness (QED) is 0.243. The van der Waals surface area contributed by atoms with Gasteiger partial charge in [-0.3, -0.25) is 13.9 Å². The molecule has 11 heteroatoms. The van der Waals surface area contributed by atoms with Gasteiger partial charge in [0, 0.05) is 28.7 Å². The normalized spacial score (nSPS) is 12.0. The van der Waals surface area contributed by atoms with Crippen LogP contribution in [0.15, 0.2) is 71.6 Å². The van der Waals surface area contributed by atoms with Gasteiger partial charge in [0.15, 0.2) is 0 Å². The summed E-state index contributed by atoms with van der Waals surface area (Å²) in [7, 11) is -2.68. The molecule has 0 saturated carbocycles. The molecule has 8 nitrogen and oxygen atoms in total. The van der Waals surface area contributed by atoms with Crippen molar-refractivity contribution in [3.63, 3.8) is 0 Å². The number of unbranched alkanes of at least 4 members (excludes halogenated alkanes) is 1. The van der Waals surface area contributed by atoms with E-state index in [-0.39, 0.29) is 23.0 Å². The number of hydrogen-bond acceptors (Lipinski definition) is 5. The van der Waals surface area contributed by atoms with Crippen LogP contribution >= 0.6 is 23.2 Å². The summed E-state index contributed by atoms with van der Waals surface area (Å²) in [5, 5.41) is 3.50. The standard InChI is InChI=1S/C30H35Cl2N3O5S/c1-5-6-18-33-30(37)22(3)34(19-26-27(31)8-7-9-28(26)32)29(36)20-35(23-12-14-24(40-4)15-13-23)41(38,39)25-16-10-21(2)11-17-25/h7-17,22H,5-6,18-20H2,1-4H3,(H,33,37)/t22-/m0/s1. The summed E-state index contributed by atoms with van der Waals surface area (Å²) in [6.07, 6.45) is 1.67. The molecule has 3 aromatic rings. The number of nitrogens with one attached hydrogen (secondary N) is 1. The highest BCUT2D eigenvalue weighted by Crippen LogP contribution is 2.29. The van der Waals surface area contributed by atoms with E-state index in [1.807, 2.05) is 13.8 Å². The predicted octanol–water partition coefficient (Wildman–Crippen LogP) is 5.84. The van der Waals surface area contributed by atoms with E-state index in [2.05, 4.69) is 5.32 Å². The number of sulfonamides is 1. The van der Waals surface area contributed by atoms with Crippen molar-refractivity contribution >= 4 is 50.7 Å². The van der Waals surface area contributed by atoms with Gasteiger partial charge in [0.25, 0.3) is 10.0 Å². The lowest BCUT2D eigenvalue weighted by atomic mass is 10.1. The van der Waals surface area contributed by atoms with Gasteiger partial charge in [-0.15, -0.1) is 0 Å². The highest BCUT2D eigenvalue weighted by molar-refractivity contribution is 7.92. The van der Waals surface area contributed by atoms with Gasteiger partial charge >= 0.3 is 0 Å². The van der Waals surface area contributed by atoms with E-state index in [4.69, 9.17) is 27.9 Å². The highest BCUT2D eigenvalue weighted by atomic mass is 35.5. The second kappa shape index (κ2) is 14.6. The molecule has 0 aliphatic heterocycles. The third kappa shape index (κ3) is 8.15. The first kappa shape index (κ1) is 32.2. The molecule has 0 bridgehead atoms. The molecule has 41 heavy (non-hydrogen) atoms. The first-order valence-corrected chi connectivity index (χ1v) is 15.4. The molecule has 0 saturated heterocycles. The minimum absolute atomic E-state index is 0.0257. The minimum atomic E-state index is -4.18. The lowest BCUT2D eigenvalue weighted by molar-refractivity contribution is -0.139.